The fraction of sp³-hybridized carbons (Fsp3) is 0.531. The van der Waals surface area contributed by atoms with E-state index in [4.69, 9.17) is 0 Å². The summed E-state index contributed by atoms with van der Waals surface area (Å²) in [5.74, 6) is 2.11. The molecule has 1 N–H and O–H groups in total. The van der Waals surface area contributed by atoms with Crippen molar-refractivity contribution in [2.75, 3.05) is 0 Å². The second-order valence-electron chi connectivity index (χ2n) is 10.8. The Morgan fingerprint density at radius 1 is 0.943 bits per heavy atom. The summed E-state index contributed by atoms with van der Waals surface area (Å²) in [5.41, 5.74) is 4.18. The number of amides is 1. The van der Waals surface area contributed by atoms with Crippen molar-refractivity contribution in [2.24, 2.45) is 11.8 Å². The molecule has 0 heterocycles. The zero-order chi connectivity index (χ0) is 24.6. The van der Waals surface area contributed by atoms with Crippen LogP contribution in [-0.2, 0) is 11.2 Å². The van der Waals surface area contributed by atoms with Crippen LogP contribution < -0.4 is 5.32 Å². The van der Waals surface area contributed by atoms with Crippen molar-refractivity contribution in [1.29, 1.82) is 0 Å². The predicted molar refractivity (Wildman–Crippen MR) is 144 cm³/mol. The summed E-state index contributed by atoms with van der Waals surface area (Å²) in [7, 11) is 0. The van der Waals surface area contributed by atoms with E-state index < -0.39 is 0 Å². The molecule has 0 atom stereocenters. The number of halogens is 1. The second-order valence-corrected chi connectivity index (χ2v) is 10.8. The van der Waals surface area contributed by atoms with Crippen molar-refractivity contribution in [2.45, 2.75) is 95.9 Å². The van der Waals surface area contributed by atoms with E-state index in [1.165, 1.54) is 63.0 Å². The van der Waals surface area contributed by atoms with E-state index in [2.05, 4.69) is 49.2 Å². The van der Waals surface area contributed by atoms with E-state index in [9.17, 15) is 9.18 Å². The number of carbonyl (C=O) groups excluding carboxylic acids is 1. The van der Waals surface area contributed by atoms with Gasteiger partial charge in [-0.2, -0.15) is 0 Å². The number of rotatable bonds is 9. The lowest BCUT2D eigenvalue weighted by molar-refractivity contribution is -0.117. The number of aryl methyl sites for hydroxylation is 1. The lowest BCUT2D eigenvalue weighted by Crippen LogP contribution is -2.38. The third kappa shape index (κ3) is 6.84. The molecule has 188 valence electrons. The Morgan fingerprint density at radius 3 is 2.20 bits per heavy atom. The molecule has 2 saturated carbocycles. The first-order valence-corrected chi connectivity index (χ1v) is 13.9. The Morgan fingerprint density at radius 2 is 1.60 bits per heavy atom. The molecule has 0 saturated heterocycles. The molecule has 2 aliphatic carbocycles. The average Bonchev–Trinajstić information content (AvgIpc) is 2.90. The maximum absolute atomic E-state index is 14.8. The van der Waals surface area contributed by atoms with Gasteiger partial charge in [0.2, 0.25) is 5.91 Å². The number of nitrogens with one attached hydrogen (secondary N) is 1. The molecule has 0 aliphatic heterocycles. The van der Waals surface area contributed by atoms with Gasteiger partial charge < -0.3 is 5.32 Å². The molecule has 0 unspecified atom stereocenters. The molecule has 3 heteroatoms. The van der Waals surface area contributed by atoms with Gasteiger partial charge in [0, 0.05) is 11.6 Å². The largest absolute Gasteiger partial charge is 0.350 e. The molecule has 2 aromatic carbocycles. The van der Waals surface area contributed by atoms with Crippen LogP contribution in [0.2, 0.25) is 0 Å². The van der Waals surface area contributed by atoms with Crippen molar-refractivity contribution < 1.29 is 9.18 Å². The molecule has 35 heavy (non-hydrogen) atoms. The number of carbonyl (C=O) groups is 1. The van der Waals surface area contributed by atoms with Crippen LogP contribution in [0.4, 0.5) is 4.39 Å². The number of benzene rings is 2. The van der Waals surface area contributed by atoms with Gasteiger partial charge in [-0.25, -0.2) is 4.39 Å². The van der Waals surface area contributed by atoms with E-state index >= 15 is 0 Å². The van der Waals surface area contributed by atoms with Crippen LogP contribution >= 0.6 is 0 Å². The summed E-state index contributed by atoms with van der Waals surface area (Å²) in [5, 5.41) is 3.07. The van der Waals surface area contributed by atoms with E-state index in [0.29, 0.717) is 17.5 Å². The molecule has 0 bridgehead atoms. The van der Waals surface area contributed by atoms with Crippen molar-refractivity contribution in [3.05, 3.63) is 72.1 Å². The fourth-order valence-electron chi connectivity index (χ4n) is 6.38. The molecule has 0 spiro atoms. The van der Waals surface area contributed by atoms with Crippen molar-refractivity contribution in [1.82, 2.24) is 5.32 Å². The summed E-state index contributed by atoms with van der Waals surface area (Å²) >= 11 is 0. The SMILES string of the molecule is C=CC(=O)NC1CCC(C2CCC(c3ccc(-c4ccc(CCCCC)cc4F)cc3)CC2)CC1. The lowest BCUT2D eigenvalue weighted by Gasteiger charge is -2.38. The second kappa shape index (κ2) is 12.5. The van der Waals surface area contributed by atoms with Crippen LogP contribution in [0.25, 0.3) is 11.1 Å². The van der Waals surface area contributed by atoms with Gasteiger partial charge in [-0.1, -0.05) is 62.7 Å². The van der Waals surface area contributed by atoms with Gasteiger partial charge in [0.1, 0.15) is 5.82 Å². The smallest absolute Gasteiger partial charge is 0.243 e. The Kier molecular flexibility index (Phi) is 9.18. The van der Waals surface area contributed by atoms with Crippen LogP contribution in [0.5, 0.6) is 0 Å². The molecule has 1 amide bonds. The van der Waals surface area contributed by atoms with Crippen LogP contribution in [0.1, 0.15) is 94.6 Å². The molecule has 4 rings (SSSR count). The highest BCUT2D eigenvalue weighted by Gasteiger charge is 2.31. The molecule has 0 aromatic heterocycles. The number of hydrogen-bond donors (Lipinski definition) is 1. The standard InChI is InChI=1S/C32H42FNO/c1-3-5-6-7-23-8-21-30(31(33)22-23)28-15-13-26(14-16-28)24-9-11-25(12-10-24)27-17-19-29(20-18-27)34-32(35)4-2/h4,8,13-16,21-22,24-25,27,29H,2-3,5-7,9-12,17-20H2,1H3,(H,34,35). The van der Waals surface area contributed by atoms with Gasteiger partial charge in [0.15, 0.2) is 0 Å². The van der Waals surface area contributed by atoms with Crippen molar-refractivity contribution in [3.8, 4) is 11.1 Å². The highest BCUT2D eigenvalue weighted by atomic mass is 19.1. The van der Waals surface area contributed by atoms with Crippen molar-refractivity contribution in [3.63, 3.8) is 0 Å². The van der Waals surface area contributed by atoms with E-state index in [0.717, 1.165) is 48.6 Å². The van der Waals surface area contributed by atoms with Crippen LogP contribution in [-0.4, -0.2) is 11.9 Å². The minimum atomic E-state index is -0.106. The van der Waals surface area contributed by atoms with E-state index in [1.54, 1.807) is 6.07 Å². The Balaban J connectivity index is 1.27. The highest BCUT2D eigenvalue weighted by molar-refractivity contribution is 5.87. The van der Waals surface area contributed by atoms with Gasteiger partial charge in [-0.3, -0.25) is 4.79 Å². The van der Waals surface area contributed by atoms with Crippen LogP contribution in [0.3, 0.4) is 0 Å². The molecule has 2 fully saturated rings. The third-order valence-corrected chi connectivity index (χ3v) is 8.54. The summed E-state index contributed by atoms with van der Waals surface area (Å²) in [6.07, 6.45) is 15.6. The number of unbranched alkanes of at least 4 members (excludes halogenated alkanes) is 2. The van der Waals surface area contributed by atoms with Gasteiger partial charge in [0.25, 0.3) is 0 Å². The summed E-state index contributed by atoms with van der Waals surface area (Å²) < 4.78 is 14.8. The monoisotopic (exact) mass is 475 g/mol. The minimum absolute atomic E-state index is 0.0397. The molecule has 2 nitrogen and oxygen atoms in total. The van der Waals surface area contributed by atoms with E-state index in [1.807, 2.05) is 6.07 Å². The summed E-state index contributed by atoms with van der Waals surface area (Å²) in [4.78, 5) is 11.6. The fourth-order valence-corrected chi connectivity index (χ4v) is 6.38. The summed E-state index contributed by atoms with van der Waals surface area (Å²) in [6, 6.07) is 14.8. The van der Waals surface area contributed by atoms with Crippen LogP contribution in [0.15, 0.2) is 55.1 Å². The molecular weight excluding hydrogens is 433 g/mol. The lowest BCUT2D eigenvalue weighted by atomic mass is 9.69. The molecule has 2 aromatic rings. The first-order chi connectivity index (χ1) is 17.1. The average molecular weight is 476 g/mol. The van der Waals surface area contributed by atoms with Gasteiger partial charge >= 0.3 is 0 Å². The maximum Gasteiger partial charge on any atom is 0.243 e. The first-order valence-electron chi connectivity index (χ1n) is 13.9. The van der Waals surface area contributed by atoms with Gasteiger partial charge in [0.05, 0.1) is 0 Å². The highest BCUT2D eigenvalue weighted by Crippen LogP contribution is 2.43. The van der Waals surface area contributed by atoms with Crippen molar-refractivity contribution >= 4 is 5.91 Å². The third-order valence-electron chi connectivity index (χ3n) is 8.54. The molecule has 2 aliphatic rings. The van der Waals surface area contributed by atoms with Gasteiger partial charge in [-0.05, 0) is 111 Å². The van der Waals surface area contributed by atoms with Gasteiger partial charge in [-0.15, -0.1) is 0 Å². The zero-order valence-electron chi connectivity index (χ0n) is 21.4. The predicted octanol–water partition coefficient (Wildman–Crippen LogP) is 8.36. The quantitative estimate of drug-likeness (QED) is 0.286. The number of hydrogen-bond acceptors (Lipinski definition) is 1. The first kappa shape index (κ1) is 25.7. The topological polar surface area (TPSA) is 29.1 Å². The maximum atomic E-state index is 14.8. The molecule has 0 radical (unpaired) electrons. The molecular formula is C32H42FNO. The summed E-state index contributed by atoms with van der Waals surface area (Å²) in [6.45, 7) is 5.75. The minimum Gasteiger partial charge on any atom is -0.350 e. The van der Waals surface area contributed by atoms with Crippen LogP contribution in [0, 0.1) is 17.7 Å². The Bertz CT molecular complexity index is 966. The zero-order valence-corrected chi connectivity index (χ0v) is 21.4. The normalized spacial score (nSPS) is 24.6. The van der Waals surface area contributed by atoms with E-state index in [-0.39, 0.29) is 11.7 Å². The Labute approximate surface area is 211 Å². The Hall–Kier alpha value is -2.42.